The number of aromatic nitrogens is 3. The molecule has 2 N–H and O–H groups in total. The van der Waals surface area contributed by atoms with Crippen molar-refractivity contribution in [1.82, 2.24) is 30.1 Å². The molecule has 0 aliphatic carbocycles. The van der Waals surface area contributed by atoms with Crippen molar-refractivity contribution < 1.29 is 32.9 Å². The van der Waals surface area contributed by atoms with E-state index in [2.05, 4.69) is 26.0 Å². The Kier molecular flexibility index (Phi) is 9.10. The minimum atomic E-state index is -0.807. The summed E-state index contributed by atoms with van der Waals surface area (Å²) in [5.74, 6) is 1.33. The van der Waals surface area contributed by atoms with Gasteiger partial charge in [-0.3, -0.25) is 4.90 Å². The number of terminal acetylenes is 1. The summed E-state index contributed by atoms with van der Waals surface area (Å²) in [6.07, 6.45) is 11.0. The number of rotatable bonds is 9. The maximum absolute atomic E-state index is 17.3. The molecule has 2 bridgehead atoms. The Labute approximate surface area is 306 Å². The topological polar surface area (TPSA) is 125 Å². The molecule has 2 unspecified atom stereocenters. The van der Waals surface area contributed by atoms with Gasteiger partial charge in [0, 0.05) is 56.3 Å². The molecular formula is C39H43F2N7O5. The highest BCUT2D eigenvalue weighted by atomic mass is 19.1. The standard InChI is InChI=1S/C39H43F2N7O5/c1-5-27-29(40)11-8-22-16-26(49)17-28(30(22)27)33-32(41)34-31(36(43-33)51-6-2)35(47-18-23-9-10-24(19-47)42-23)45-37(44-34)53-21-39-13-7-15-48(39)25(12-14-39)20-52-38(50)46(3)4/h1,8,11,16-17,23-25,42,49H,6-7,9-10,12-15,18-21H2,2-4H3/t23?,24?,25-,39-/m1/s1. The van der Waals surface area contributed by atoms with Gasteiger partial charge in [0.05, 0.1) is 17.7 Å². The minimum absolute atomic E-state index is 0.0108. The van der Waals surface area contributed by atoms with Crippen molar-refractivity contribution in [2.75, 3.05) is 58.5 Å². The average molecular weight is 728 g/mol. The number of aromatic hydroxyl groups is 1. The van der Waals surface area contributed by atoms with Gasteiger partial charge in [0.2, 0.25) is 5.88 Å². The van der Waals surface area contributed by atoms with Gasteiger partial charge in [0.25, 0.3) is 0 Å². The lowest BCUT2D eigenvalue weighted by Crippen LogP contribution is -2.51. The van der Waals surface area contributed by atoms with Crippen molar-refractivity contribution in [3.8, 4) is 41.2 Å². The number of nitrogens with one attached hydrogen (secondary N) is 1. The van der Waals surface area contributed by atoms with Crippen LogP contribution in [0.2, 0.25) is 0 Å². The number of amides is 1. The summed E-state index contributed by atoms with van der Waals surface area (Å²) in [6.45, 7) is 4.71. The highest BCUT2D eigenvalue weighted by molar-refractivity contribution is 6.04. The third kappa shape index (κ3) is 6.19. The first-order chi connectivity index (χ1) is 25.6. The molecule has 0 radical (unpaired) electrons. The molecule has 0 spiro atoms. The molecule has 0 saturated carbocycles. The highest BCUT2D eigenvalue weighted by Gasteiger charge is 2.50. The number of hydrogen-bond acceptors (Lipinski definition) is 11. The lowest BCUT2D eigenvalue weighted by molar-refractivity contribution is 0.0484. The predicted octanol–water partition coefficient (Wildman–Crippen LogP) is 5.22. The molecule has 2 aromatic carbocycles. The van der Waals surface area contributed by atoms with Crippen LogP contribution in [0.1, 0.15) is 51.0 Å². The van der Waals surface area contributed by atoms with Gasteiger partial charge in [-0.15, -0.1) is 6.42 Å². The van der Waals surface area contributed by atoms with E-state index in [0.717, 1.165) is 45.1 Å². The summed E-state index contributed by atoms with van der Waals surface area (Å²) in [6, 6.07) is 6.02. The number of fused-ring (bicyclic) bond motifs is 5. The molecule has 53 heavy (non-hydrogen) atoms. The quantitative estimate of drug-likeness (QED) is 0.221. The van der Waals surface area contributed by atoms with Gasteiger partial charge in [-0.1, -0.05) is 12.0 Å². The van der Waals surface area contributed by atoms with Crippen molar-refractivity contribution in [3.05, 3.63) is 41.5 Å². The molecule has 4 atom stereocenters. The number of hydrogen-bond donors (Lipinski definition) is 2. The third-order valence-electron chi connectivity index (χ3n) is 11.2. The first kappa shape index (κ1) is 35.1. The number of carbonyl (C=O) groups excluding carboxylic acids is 1. The highest BCUT2D eigenvalue weighted by Crippen LogP contribution is 2.45. The molecule has 12 nitrogen and oxygen atoms in total. The van der Waals surface area contributed by atoms with Gasteiger partial charge >= 0.3 is 12.1 Å². The van der Waals surface area contributed by atoms with Gasteiger partial charge in [0.15, 0.2) is 5.82 Å². The van der Waals surface area contributed by atoms with Gasteiger partial charge in [0.1, 0.15) is 47.2 Å². The number of halogens is 2. The van der Waals surface area contributed by atoms with Crippen molar-refractivity contribution >= 4 is 33.6 Å². The number of ether oxygens (including phenoxy) is 3. The van der Waals surface area contributed by atoms with E-state index in [0.29, 0.717) is 29.7 Å². The Morgan fingerprint density at radius 1 is 1.09 bits per heavy atom. The number of pyridine rings is 1. The molecule has 8 rings (SSSR count). The predicted molar refractivity (Wildman–Crippen MR) is 195 cm³/mol. The van der Waals surface area contributed by atoms with E-state index in [4.69, 9.17) is 30.6 Å². The molecule has 14 heteroatoms. The van der Waals surface area contributed by atoms with Crippen molar-refractivity contribution in [2.45, 2.75) is 69.1 Å². The second-order valence-electron chi connectivity index (χ2n) is 14.7. The Morgan fingerprint density at radius 3 is 2.62 bits per heavy atom. The maximum Gasteiger partial charge on any atom is 0.409 e. The third-order valence-corrected chi connectivity index (χ3v) is 11.2. The van der Waals surface area contributed by atoms with Gasteiger partial charge in [-0.2, -0.15) is 9.97 Å². The first-order valence-electron chi connectivity index (χ1n) is 18.3. The van der Waals surface area contributed by atoms with Crippen LogP contribution in [0.4, 0.5) is 19.4 Å². The molecule has 4 aliphatic rings. The average Bonchev–Trinajstić information content (AvgIpc) is 3.82. The second kappa shape index (κ2) is 13.8. The fourth-order valence-electron chi connectivity index (χ4n) is 8.82. The zero-order valence-electron chi connectivity index (χ0n) is 30.1. The van der Waals surface area contributed by atoms with Gasteiger partial charge < -0.3 is 34.4 Å². The zero-order valence-corrected chi connectivity index (χ0v) is 30.1. The van der Waals surface area contributed by atoms with Crippen LogP contribution in [0, 0.1) is 24.0 Å². The van der Waals surface area contributed by atoms with Crippen LogP contribution < -0.4 is 19.7 Å². The summed E-state index contributed by atoms with van der Waals surface area (Å²) in [4.78, 5) is 32.4. The number of phenols is 1. The fraction of sp³-hybridized carbons (Fsp3) is 0.487. The van der Waals surface area contributed by atoms with E-state index in [1.54, 1.807) is 21.0 Å². The van der Waals surface area contributed by atoms with Crippen LogP contribution in [0.15, 0.2) is 24.3 Å². The number of phenolic OH excluding ortho intramolecular Hbond substituents is 1. The van der Waals surface area contributed by atoms with Crippen LogP contribution in [0.3, 0.4) is 0 Å². The number of benzene rings is 2. The van der Waals surface area contributed by atoms with Gasteiger partial charge in [-0.05, 0) is 75.6 Å². The van der Waals surface area contributed by atoms with Crippen molar-refractivity contribution in [3.63, 3.8) is 0 Å². The molecule has 4 aromatic rings. The van der Waals surface area contributed by atoms with Crippen LogP contribution in [-0.2, 0) is 4.74 Å². The molecular weight excluding hydrogens is 684 g/mol. The van der Waals surface area contributed by atoms with E-state index in [1.807, 2.05) is 0 Å². The SMILES string of the molecule is C#Cc1c(F)ccc2cc(O)cc(-c3nc(OCC)c4c(N5CC6CCC(C5)N6)nc(OC[C@]56CCCN5[C@@H](COC(=O)N(C)C)CC6)nc4c3F)c12. The monoisotopic (exact) mass is 727 g/mol. The second-order valence-corrected chi connectivity index (χ2v) is 14.7. The lowest BCUT2D eigenvalue weighted by Gasteiger charge is -2.35. The van der Waals surface area contributed by atoms with E-state index < -0.39 is 11.6 Å². The van der Waals surface area contributed by atoms with Crippen LogP contribution >= 0.6 is 0 Å². The first-order valence-corrected chi connectivity index (χ1v) is 18.3. The molecule has 4 aliphatic heterocycles. The smallest absolute Gasteiger partial charge is 0.409 e. The number of piperazine rings is 1. The van der Waals surface area contributed by atoms with E-state index in [9.17, 15) is 9.90 Å². The summed E-state index contributed by atoms with van der Waals surface area (Å²) in [5, 5.41) is 15.3. The molecule has 1 amide bonds. The summed E-state index contributed by atoms with van der Waals surface area (Å²) < 4.78 is 50.5. The summed E-state index contributed by atoms with van der Waals surface area (Å²) >= 11 is 0. The zero-order chi connectivity index (χ0) is 37.0. The number of anilines is 1. The number of nitrogens with zero attached hydrogens (tertiary/aromatic N) is 6. The molecule has 6 heterocycles. The van der Waals surface area contributed by atoms with Crippen LogP contribution in [-0.4, -0.2) is 113 Å². The van der Waals surface area contributed by atoms with E-state index in [-0.39, 0.29) is 94.9 Å². The normalized spacial score (nSPS) is 23.7. The van der Waals surface area contributed by atoms with Crippen molar-refractivity contribution in [1.29, 1.82) is 0 Å². The lowest BCUT2D eigenvalue weighted by atomic mass is 9.95. The Morgan fingerprint density at radius 2 is 1.89 bits per heavy atom. The number of carbonyl (C=O) groups is 1. The maximum atomic E-state index is 17.3. The fourth-order valence-corrected chi connectivity index (χ4v) is 8.82. The molecule has 278 valence electrons. The molecule has 2 aromatic heterocycles. The van der Waals surface area contributed by atoms with E-state index >= 15 is 8.78 Å². The van der Waals surface area contributed by atoms with Crippen LogP contribution in [0.25, 0.3) is 32.9 Å². The van der Waals surface area contributed by atoms with Gasteiger partial charge in [-0.25, -0.2) is 18.6 Å². The van der Waals surface area contributed by atoms with Crippen molar-refractivity contribution in [2.24, 2.45) is 0 Å². The Bertz CT molecular complexity index is 2130. The summed E-state index contributed by atoms with van der Waals surface area (Å²) in [5.41, 5.74) is -0.557. The Balaban J connectivity index is 1.24. The summed E-state index contributed by atoms with van der Waals surface area (Å²) in [7, 11) is 3.32. The largest absolute Gasteiger partial charge is 0.508 e. The molecule has 4 saturated heterocycles. The molecule has 4 fully saturated rings. The van der Waals surface area contributed by atoms with E-state index in [1.165, 1.54) is 29.2 Å². The minimum Gasteiger partial charge on any atom is -0.508 e. The van der Waals surface area contributed by atoms with Crippen LogP contribution in [0.5, 0.6) is 17.6 Å². The Hall–Kier alpha value is -5.00.